The van der Waals surface area contributed by atoms with E-state index in [2.05, 4.69) is 106 Å². The van der Waals surface area contributed by atoms with Gasteiger partial charge < -0.3 is 10.1 Å². The minimum absolute atomic E-state index is 0.166. The van der Waals surface area contributed by atoms with E-state index in [1.165, 1.54) is 22.3 Å². The van der Waals surface area contributed by atoms with Gasteiger partial charge >= 0.3 is 0 Å². The summed E-state index contributed by atoms with van der Waals surface area (Å²) in [6, 6.07) is 47.4. The smallest absolute Gasteiger partial charge is 0.255 e. The first-order chi connectivity index (χ1) is 20.7. The minimum atomic E-state index is -0.539. The van der Waals surface area contributed by atoms with Gasteiger partial charge in [-0.1, -0.05) is 119 Å². The van der Waals surface area contributed by atoms with E-state index in [9.17, 15) is 4.79 Å². The zero-order valence-corrected chi connectivity index (χ0v) is 24.1. The first-order valence-corrected chi connectivity index (χ1v) is 14.7. The lowest BCUT2D eigenvalue weighted by molar-refractivity contribution is 0.102. The van der Waals surface area contributed by atoms with Crippen LogP contribution in [0, 0.1) is 0 Å². The number of halogens is 1. The summed E-state index contributed by atoms with van der Waals surface area (Å²) in [6.07, 6.45) is 0. The Labute approximate surface area is 252 Å². The number of fused-ring (bicyclic) bond motifs is 9. The number of carbonyl (C=O) groups excluding carboxylic acids is 1. The molecule has 42 heavy (non-hydrogen) atoms. The zero-order valence-electron chi connectivity index (χ0n) is 22.5. The van der Waals surface area contributed by atoms with Crippen molar-refractivity contribution in [3.8, 4) is 33.8 Å². The number of carbonyl (C=O) groups is 1. The third kappa shape index (κ3) is 3.55. The molecule has 0 atom stereocenters. The number of amides is 1. The van der Waals surface area contributed by atoms with E-state index in [0.717, 1.165) is 43.9 Å². The molecule has 1 aliphatic heterocycles. The summed E-state index contributed by atoms with van der Waals surface area (Å²) in [5, 5.41) is 3.15. The van der Waals surface area contributed by atoms with Crippen LogP contribution in [0.15, 0.2) is 144 Å². The summed E-state index contributed by atoms with van der Waals surface area (Å²) in [6.45, 7) is 0. The molecule has 0 bridgehead atoms. The molecular formula is C38H24BrNO2. The van der Waals surface area contributed by atoms with Crippen molar-refractivity contribution < 1.29 is 9.53 Å². The SMILES string of the molecule is O=C(Nc1ccccc1-c1cccc2c1Oc1ccccc1C21c2ccccc2-c2ccccc21)c1ccc(Br)cc1. The molecule has 0 saturated carbocycles. The van der Waals surface area contributed by atoms with Crippen molar-refractivity contribution >= 4 is 27.5 Å². The maximum absolute atomic E-state index is 13.3. The Morgan fingerprint density at radius 1 is 0.548 bits per heavy atom. The number of rotatable bonds is 3. The van der Waals surface area contributed by atoms with Gasteiger partial charge in [-0.2, -0.15) is 0 Å². The predicted octanol–water partition coefficient (Wildman–Crippen LogP) is 9.84. The van der Waals surface area contributed by atoms with Crippen LogP contribution in [0.1, 0.15) is 32.6 Å². The molecule has 6 aromatic carbocycles. The van der Waals surface area contributed by atoms with Crippen molar-refractivity contribution in [3.63, 3.8) is 0 Å². The fraction of sp³-hybridized carbons (Fsp3) is 0.0263. The molecule has 200 valence electrons. The van der Waals surface area contributed by atoms with Gasteiger partial charge in [0.15, 0.2) is 0 Å². The molecule has 0 radical (unpaired) electrons. The quantitative estimate of drug-likeness (QED) is 0.217. The van der Waals surface area contributed by atoms with Gasteiger partial charge in [-0.15, -0.1) is 0 Å². The first kappa shape index (κ1) is 24.8. The topological polar surface area (TPSA) is 38.3 Å². The number of anilines is 1. The first-order valence-electron chi connectivity index (χ1n) is 13.9. The highest BCUT2D eigenvalue weighted by atomic mass is 79.9. The van der Waals surface area contributed by atoms with Crippen molar-refractivity contribution in [3.05, 3.63) is 172 Å². The highest BCUT2D eigenvalue weighted by molar-refractivity contribution is 9.10. The average molecular weight is 607 g/mol. The summed E-state index contributed by atoms with van der Waals surface area (Å²) in [7, 11) is 0. The summed E-state index contributed by atoms with van der Waals surface area (Å²) in [5.41, 5.74) is 9.79. The van der Waals surface area contributed by atoms with Crippen LogP contribution in [0.3, 0.4) is 0 Å². The highest BCUT2D eigenvalue weighted by Gasteiger charge is 2.51. The van der Waals surface area contributed by atoms with Crippen LogP contribution >= 0.6 is 15.9 Å². The van der Waals surface area contributed by atoms with E-state index < -0.39 is 5.41 Å². The van der Waals surface area contributed by atoms with Crippen LogP contribution in [0.5, 0.6) is 11.5 Å². The van der Waals surface area contributed by atoms with Crippen molar-refractivity contribution in [2.24, 2.45) is 0 Å². The number of para-hydroxylation sites is 3. The monoisotopic (exact) mass is 605 g/mol. The minimum Gasteiger partial charge on any atom is -0.456 e. The molecule has 8 rings (SSSR count). The van der Waals surface area contributed by atoms with E-state index >= 15 is 0 Å². The summed E-state index contributed by atoms with van der Waals surface area (Å²) < 4.78 is 7.75. The summed E-state index contributed by atoms with van der Waals surface area (Å²) >= 11 is 3.45. The Morgan fingerprint density at radius 3 is 1.81 bits per heavy atom. The van der Waals surface area contributed by atoms with Gasteiger partial charge in [-0.25, -0.2) is 0 Å². The zero-order chi connectivity index (χ0) is 28.3. The molecule has 0 fully saturated rings. The largest absolute Gasteiger partial charge is 0.456 e. The van der Waals surface area contributed by atoms with E-state index in [1.807, 2.05) is 54.6 Å². The van der Waals surface area contributed by atoms with E-state index in [0.29, 0.717) is 5.56 Å². The standard InChI is InChI=1S/C38H24BrNO2/c39-25-22-20-24(21-23-25)37(41)40-34-18-7-3-12-28(34)29-13-9-17-33-36(29)42-35-19-8-6-16-32(35)38(33)30-14-4-1-10-26(30)27-11-2-5-15-31(27)38/h1-23H,(H,40,41). The number of nitrogens with one attached hydrogen (secondary N) is 1. The van der Waals surface area contributed by atoms with Crippen LogP contribution in [0.4, 0.5) is 5.69 Å². The average Bonchev–Trinajstić information content (AvgIpc) is 3.33. The lowest BCUT2D eigenvalue weighted by Gasteiger charge is -2.40. The second kappa shape index (κ2) is 9.57. The lowest BCUT2D eigenvalue weighted by atomic mass is 9.65. The van der Waals surface area contributed by atoms with Crippen molar-refractivity contribution in [1.29, 1.82) is 0 Å². The van der Waals surface area contributed by atoms with Crippen molar-refractivity contribution in [1.82, 2.24) is 0 Å². The van der Waals surface area contributed by atoms with Crippen molar-refractivity contribution in [2.45, 2.75) is 5.41 Å². The van der Waals surface area contributed by atoms with E-state index in [4.69, 9.17) is 4.74 Å². The van der Waals surface area contributed by atoms with Gasteiger partial charge in [0.25, 0.3) is 5.91 Å². The molecule has 1 amide bonds. The molecule has 4 heteroatoms. The summed E-state index contributed by atoms with van der Waals surface area (Å²) in [5.74, 6) is 1.47. The highest BCUT2D eigenvalue weighted by Crippen LogP contribution is 2.63. The van der Waals surface area contributed by atoms with Gasteiger partial charge in [-0.05, 0) is 58.7 Å². The molecule has 2 aliphatic rings. The van der Waals surface area contributed by atoms with Crippen LogP contribution < -0.4 is 10.1 Å². The van der Waals surface area contributed by atoms with E-state index in [1.54, 1.807) is 0 Å². The molecule has 1 heterocycles. The maximum atomic E-state index is 13.3. The van der Waals surface area contributed by atoms with Crippen LogP contribution in [-0.2, 0) is 5.41 Å². The second-order valence-electron chi connectivity index (χ2n) is 10.6. The lowest BCUT2D eigenvalue weighted by Crippen LogP contribution is -2.32. The van der Waals surface area contributed by atoms with Gasteiger partial charge in [0.2, 0.25) is 0 Å². The van der Waals surface area contributed by atoms with Crippen LogP contribution in [-0.4, -0.2) is 5.91 Å². The van der Waals surface area contributed by atoms with Gasteiger partial charge in [0, 0.05) is 38.0 Å². The number of hydrogen-bond donors (Lipinski definition) is 1. The van der Waals surface area contributed by atoms with Gasteiger partial charge in [-0.3, -0.25) is 4.79 Å². The Bertz CT molecular complexity index is 1980. The molecule has 0 saturated heterocycles. The molecule has 6 aromatic rings. The van der Waals surface area contributed by atoms with Crippen molar-refractivity contribution in [2.75, 3.05) is 5.32 Å². The fourth-order valence-electron chi connectivity index (χ4n) is 6.71. The Morgan fingerprint density at radius 2 is 1.10 bits per heavy atom. The van der Waals surface area contributed by atoms with Gasteiger partial charge in [0.1, 0.15) is 11.5 Å². The predicted molar refractivity (Wildman–Crippen MR) is 171 cm³/mol. The molecule has 3 nitrogen and oxygen atoms in total. The van der Waals surface area contributed by atoms with E-state index in [-0.39, 0.29) is 5.91 Å². The second-order valence-corrected chi connectivity index (χ2v) is 11.5. The molecule has 0 aromatic heterocycles. The molecule has 1 N–H and O–H groups in total. The van der Waals surface area contributed by atoms with Crippen LogP contribution in [0.2, 0.25) is 0 Å². The fourth-order valence-corrected chi connectivity index (χ4v) is 6.98. The molecule has 1 aliphatic carbocycles. The normalized spacial score (nSPS) is 13.4. The number of ether oxygens (including phenoxy) is 1. The Kier molecular flexibility index (Phi) is 5.66. The third-order valence-electron chi connectivity index (χ3n) is 8.45. The molecular weight excluding hydrogens is 582 g/mol. The van der Waals surface area contributed by atoms with Gasteiger partial charge in [0.05, 0.1) is 5.41 Å². The number of benzene rings is 6. The number of hydrogen-bond acceptors (Lipinski definition) is 2. The molecule has 1 spiro atoms. The maximum Gasteiger partial charge on any atom is 0.255 e. The Hall–Kier alpha value is -4.93. The third-order valence-corrected chi connectivity index (χ3v) is 8.97. The Balaban J connectivity index is 1.36. The van der Waals surface area contributed by atoms with Crippen LogP contribution in [0.25, 0.3) is 22.3 Å². The summed E-state index contributed by atoms with van der Waals surface area (Å²) in [4.78, 5) is 13.3. The molecule has 0 unspecified atom stereocenters.